The topological polar surface area (TPSA) is 87.2 Å². The molecule has 2 aromatic carbocycles. The van der Waals surface area contributed by atoms with Gasteiger partial charge in [-0.25, -0.2) is 0 Å². The monoisotopic (exact) mass is 309 g/mol. The van der Waals surface area contributed by atoms with Crippen molar-refractivity contribution in [2.75, 3.05) is 0 Å². The van der Waals surface area contributed by atoms with Crippen LogP contribution in [0.3, 0.4) is 0 Å². The van der Waals surface area contributed by atoms with Crippen LogP contribution in [0, 0.1) is 0 Å². The summed E-state index contributed by atoms with van der Waals surface area (Å²) in [6.07, 6.45) is -1.38. The number of fused-ring (bicyclic) bond motifs is 1. The number of aromatic hydroxyl groups is 1. The summed E-state index contributed by atoms with van der Waals surface area (Å²) in [4.78, 5) is 12.0. The van der Waals surface area contributed by atoms with Gasteiger partial charge in [-0.1, -0.05) is 48.5 Å². The van der Waals surface area contributed by atoms with E-state index in [1.165, 1.54) is 0 Å². The van der Waals surface area contributed by atoms with Crippen molar-refractivity contribution in [2.45, 2.75) is 6.10 Å². The second-order valence-corrected chi connectivity index (χ2v) is 5.10. The second kappa shape index (κ2) is 6.02. The van der Waals surface area contributed by atoms with Gasteiger partial charge in [-0.15, -0.1) is 10.2 Å². The van der Waals surface area contributed by atoms with Crippen LogP contribution in [-0.2, 0) is 11.8 Å². The number of hydrogen-bond acceptors (Lipinski definition) is 4. The van der Waals surface area contributed by atoms with Gasteiger partial charge in [0.2, 0.25) is 5.88 Å². The van der Waals surface area contributed by atoms with Crippen molar-refractivity contribution in [3.63, 3.8) is 0 Å². The first-order chi connectivity index (χ1) is 11.1. The number of azo groups is 1. The average Bonchev–Trinajstić information content (AvgIpc) is 2.84. The van der Waals surface area contributed by atoms with E-state index in [0.29, 0.717) is 10.9 Å². The number of nitrogens with zero attached hydrogens (tertiary/aromatic N) is 3. The molecule has 1 aromatic heterocycles. The Balaban J connectivity index is 1.92. The Labute approximate surface area is 132 Å². The molecular formula is C17H15N3O3. The predicted molar refractivity (Wildman–Crippen MR) is 85.5 cm³/mol. The number of rotatable bonds is 3. The summed E-state index contributed by atoms with van der Waals surface area (Å²) in [6.45, 7) is 0. The molecule has 0 fully saturated rings. The highest BCUT2D eigenvalue weighted by Gasteiger charge is 2.18. The Morgan fingerprint density at radius 3 is 2.48 bits per heavy atom. The van der Waals surface area contributed by atoms with Crippen LogP contribution in [0.1, 0.15) is 11.7 Å². The van der Waals surface area contributed by atoms with Crippen molar-refractivity contribution in [2.24, 2.45) is 17.3 Å². The average molecular weight is 309 g/mol. The Morgan fingerprint density at radius 2 is 1.74 bits per heavy atom. The molecule has 2 N–H and O–H groups in total. The quantitative estimate of drug-likeness (QED) is 0.728. The van der Waals surface area contributed by atoms with E-state index in [1.54, 1.807) is 54.1 Å². The smallest absolute Gasteiger partial charge is 0.297 e. The SMILES string of the molecule is Cn1c(O)c(N=NC(=O)C(O)c2ccccc2)c2ccccc21. The van der Waals surface area contributed by atoms with Gasteiger partial charge in [0, 0.05) is 12.4 Å². The largest absolute Gasteiger partial charge is 0.493 e. The Bertz CT molecular complexity index is 885. The molecule has 6 nitrogen and oxygen atoms in total. The van der Waals surface area contributed by atoms with Crippen LogP contribution in [0.4, 0.5) is 5.69 Å². The number of benzene rings is 2. The number of para-hydroxylation sites is 1. The van der Waals surface area contributed by atoms with E-state index in [-0.39, 0.29) is 11.6 Å². The summed E-state index contributed by atoms with van der Waals surface area (Å²) in [5.74, 6) is -0.875. The van der Waals surface area contributed by atoms with Crippen LogP contribution < -0.4 is 0 Å². The fourth-order valence-corrected chi connectivity index (χ4v) is 2.39. The van der Waals surface area contributed by atoms with Crippen LogP contribution in [0.2, 0.25) is 0 Å². The number of aliphatic hydroxyl groups is 1. The molecule has 0 saturated heterocycles. The third-order valence-electron chi connectivity index (χ3n) is 3.65. The minimum atomic E-state index is -1.38. The zero-order chi connectivity index (χ0) is 16.4. The fraction of sp³-hybridized carbons (Fsp3) is 0.118. The van der Waals surface area contributed by atoms with Crippen LogP contribution in [0.15, 0.2) is 64.8 Å². The minimum absolute atomic E-state index is 0.0862. The molecular weight excluding hydrogens is 294 g/mol. The number of aliphatic hydroxyl groups excluding tert-OH is 1. The van der Waals surface area contributed by atoms with Crippen LogP contribution in [0.25, 0.3) is 10.9 Å². The van der Waals surface area contributed by atoms with Gasteiger partial charge in [-0.3, -0.25) is 4.79 Å². The molecule has 0 aliphatic heterocycles. The summed E-state index contributed by atoms with van der Waals surface area (Å²) in [6, 6.07) is 15.8. The Hall–Kier alpha value is -2.99. The van der Waals surface area contributed by atoms with Gasteiger partial charge in [-0.05, 0) is 11.6 Å². The first kappa shape index (κ1) is 14.9. The second-order valence-electron chi connectivity index (χ2n) is 5.10. The number of amides is 1. The first-order valence-corrected chi connectivity index (χ1v) is 7.04. The van der Waals surface area contributed by atoms with E-state index in [1.807, 2.05) is 12.1 Å². The number of carbonyl (C=O) groups is 1. The standard InChI is InChI=1S/C17H15N3O3/c1-20-13-10-6-5-9-12(13)14(17(20)23)18-19-16(22)15(21)11-7-3-2-4-8-11/h2-10,15,21,23H,1H3. The van der Waals surface area contributed by atoms with E-state index in [9.17, 15) is 15.0 Å². The van der Waals surface area contributed by atoms with Gasteiger partial charge in [0.1, 0.15) is 0 Å². The van der Waals surface area contributed by atoms with Crippen molar-refractivity contribution >= 4 is 22.5 Å². The molecule has 116 valence electrons. The lowest BCUT2D eigenvalue weighted by molar-refractivity contribution is -0.126. The highest BCUT2D eigenvalue weighted by molar-refractivity contribution is 5.95. The molecule has 1 heterocycles. The maximum Gasteiger partial charge on any atom is 0.297 e. The van der Waals surface area contributed by atoms with Gasteiger partial charge in [0.25, 0.3) is 5.91 Å². The van der Waals surface area contributed by atoms with Crippen molar-refractivity contribution < 1.29 is 15.0 Å². The number of hydrogen-bond donors (Lipinski definition) is 2. The molecule has 1 unspecified atom stereocenters. The minimum Gasteiger partial charge on any atom is -0.493 e. The van der Waals surface area contributed by atoms with E-state index in [0.717, 1.165) is 5.52 Å². The highest BCUT2D eigenvalue weighted by atomic mass is 16.3. The lowest BCUT2D eigenvalue weighted by Gasteiger charge is -2.04. The third-order valence-corrected chi connectivity index (χ3v) is 3.65. The fourth-order valence-electron chi connectivity index (χ4n) is 2.39. The number of carbonyl (C=O) groups excluding carboxylic acids is 1. The van der Waals surface area contributed by atoms with Crippen molar-refractivity contribution in [3.8, 4) is 5.88 Å². The van der Waals surface area contributed by atoms with Crippen molar-refractivity contribution in [1.29, 1.82) is 0 Å². The number of aryl methyl sites for hydroxylation is 1. The van der Waals surface area contributed by atoms with Gasteiger partial charge in [-0.2, -0.15) is 0 Å². The molecule has 1 amide bonds. The molecule has 0 spiro atoms. The summed E-state index contributed by atoms with van der Waals surface area (Å²) in [5, 5.41) is 28.2. The zero-order valence-corrected chi connectivity index (χ0v) is 12.4. The maximum atomic E-state index is 12.0. The molecule has 0 bridgehead atoms. The van der Waals surface area contributed by atoms with Crippen molar-refractivity contribution in [1.82, 2.24) is 4.57 Å². The Kier molecular flexibility index (Phi) is 3.91. The van der Waals surface area contributed by atoms with Crippen LogP contribution >= 0.6 is 0 Å². The zero-order valence-electron chi connectivity index (χ0n) is 12.4. The van der Waals surface area contributed by atoms with Gasteiger partial charge in [0.15, 0.2) is 11.8 Å². The molecule has 6 heteroatoms. The van der Waals surface area contributed by atoms with E-state index >= 15 is 0 Å². The van der Waals surface area contributed by atoms with Gasteiger partial charge < -0.3 is 14.8 Å². The number of aromatic nitrogens is 1. The van der Waals surface area contributed by atoms with Crippen molar-refractivity contribution in [3.05, 3.63) is 60.2 Å². The van der Waals surface area contributed by atoms with Gasteiger partial charge >= 0.3 is 0 Å². The first-order valence-electron chi connectivity index (χ1n) is 7.04. The molecule has 0 radical (unpaired) electrons. The lowest BCUT2D eigenvalue weighted by Crippen LogP contribution is -2.08. The molecule has 3 aromatic rings. The molecule has 1 atom stereocenters. The van der Waals surface area contributed by atoms with E-state index in [4.69, 9.17) is 0 Å². The summed E-state index contributed by atoms with van der Waals surface area (Å²) >= 11 is 0. The van der Waals surface area contributed by atoms with E-state index < -0.39 is 12.0 Å². The summed E-state index contributed by atoms with van der Waals surface area (Å²) in [7, 11) is 1.69. The molecule has 3 rings (SSSR count). The maximum absolute atomic E-state index is 12.0. The summed E-state index contributed by atoms with van der Waals surface area (Å²) in [5.41, 5.74) is 1.42. The molecule has 0 aliphatic rings. The summed E-state index contributed by atoms with van der Waals surface area (Å²) < 4.78 is 1.56. The Morgan fingerprint density at radius 1 is 1.09 bits per heavy atom. The third kappa shape index (κ3) is 2.72. The molecule has 23 heavy (non-hydrogen) atoms. The highest BCUT2D eigenvalue weighted by Crippen LogP contribution is 2.37. The van der Waals surface area contributed by atoms with Gasteiger partial charge in [0.05, 0.1) is 5.52 Å². The molecule has 0 saturated carbocycles. The van der Waals surface area contributed by atoms with Crippen LogP contribution in [0.5, 0.6) is 5.88 Å². The lowest BCUT2D eigenvalue weighted by atomic mass is 10.1. The molecule has 0 aliphatic carbocycles. The predicted octanol–water partition coefficient (Wildman–Crippen LogP) is 3.23. The van der Waals surface area contributed by atoms with Crippen LogP contribution in [-0.4, -0.2) is 20.7 Å². The van der Waals surface area contributed by atoms with E-state index in [2.05, 4.69) is 10.2 Å². The normalized spacial score (nSPS) is 12.8.